The maximum Gasteiger partial charge on any atom is 0.320 e. The molecule has 1 aliphatic heterocycles. The lowest BCUT2D eigenvalue weighted by Crippen LogP contribution is -2.47. The summed E-state index contributed by atoms with van der Waals surface area (Å²) in [5.74, 6) is -0.749. The van der Waals surface area contributed by atoms with Gasteiger partial charge in [0.1, 0.15) is 6.04 Å². The van der Waals surface area contributed by atoms with Gasteiger partial charge in [-0.2, -0.15) is 0 Å². The van der Waals surface area contributed by atoms with Crippen molar-refractivity contribution in [2.75, 3.05) is 6.54 Å². The molecule has 0 bridgehead atoms. The molecule has 1 N–H and O–H groups in total. The predicted molar refractivity (Wildman–Crippen MR) is 104 cm³/mol. The van der Waals surface area contributed by atoms with E-state index in [1.54, 1.807) is 6.20 Å². The number of piperidine rings is 1. The van der Waals surface area contributed by atoms with Crippen molar-refractivity contribution in [1.82, 2.24) is 14.9 Å². The third-order valence-corrected chi connectivity index (χ3v) is 5.32. The highest BCUT2D eigenvalue weighted by atomic mass is 16.4. The van der Waals surface area contributed by atoms with Gasteiger partial charge in [0.05, 0.1) is 17.3 Å². The fourth-order valence-corrected chi connectivity index (χ4v) is 3.97. The highest BCUT2D eigenvalue weighted by molar-refractivity contribution is 5.78. The number of carboxylic acid groups (broad SMARTS) is 1. The molecule has 2 aromatic heterocycles. The van der Waals surface area contributed by atoms with Crippen LogP contribution in [0.25, 0.3) is 10.9 Å². The van der Waals surface area contributed by atoms with Gasteiger partial charge in [0.15, 0.2) is 0 Å². The monoisotopic (exact) mass is 361 g/mol. The smallest absolute Gasteiger partial charge is 0.320 e. The van der Waals surface area contributed by atoms with Gasteiger partial charge in [0.25, 0.3) is 0 Å². The van der Waals surface area contributed by atoms with Crippen LogP contribution < -0.4 is 0 Å². The summed E-state index contributed by atoms with van der Waals surface area (Å²) in [4.78, 5) is 23.3. The molecule has 1 aromatic carbocycles. The minimum Gasteiger partial charge on any atom is -0.480 e. The van der Waals surface area contributed by atoms with Crippen LogP contribution in [-0.2, 0) is 11.2 Å². The van der Waals surface area contributed by atoms with Gasteiger partial charge in [-0.1, -0.05) is 36.8 Å². The summed E-state index contributed by atoms with van der Waals surface area (Å²) in [6, 6.07) is 17.4. The summed E-state index contributed by atoms with van der Waals surface area (Å²) >= 11 is 0. The van der Waals surface area contributed by atoms with Gasteiger partial charge >= 0.3 is 5.97 Å². The van der Waals surface area contributed by atoms with Crippen molar-refractivity contribution in [2.24, 2.45) is 0 Å². The summed E-state index contributed by atoms with van der Waals surface area (Å²) in [5, 5.41) is 10.9. The van der Waals surface area contributed by atoms with Gasteiger partial charge in [0.2, 0.25) is 0 Å². The van der Waals surface area contributed by atoms with Crippen molar-refractivity contribution in [3.63, 3.8) is 0 Å². The van der Waals surface area contributed by atoms with Crippen LogP contribution in [0.4, 0.5) is 0 Å². The number of aliphatic carboxylic acids is 1. The first kappa shape index (κ1) is 17.6. The molecule has 5 nitrogen and oxygen atoms in total. The number of fused-ring (bicyclic) bond motifs is 1. The Morgan fingerprint density at radius 3 is 2.78 bits per heavy atom. The molecule has 1 aliphatic rings. The topological polar surface area (TPSA) is 66.3 Å². The second-order valence-electron chi connectivity index (χ2n) is 7.06. The van der Waals surface area contributed by atoms with Gasteiger partial charge < -0.3 is 5.11 Å². The van der Waals surface area contributed by atoms with E-state index < -0.39 is 12.0 Å². The number of nitrogens with zero attached hydrogens (tertiary/aromatic N) is 3. The van der Waals surface area contributed by atoms with E-state index in [1.165, 1.54) is 0 Å². The van der Waals surface area contributed by atoms with Crippen molar-refractivity contribution >= 4 is 16.9 Å². The van der Waals surface area contributed by atoms with Crippen LogP contribution in [0.1, 0.15) is 36.7 Å². The maximum absolute atomic E-state index is 11.9. The Bertz CT molecular complexity index is 929. The van der Waals surface area contributed by atoms with Crippen molar-refractivity contribution in [3.8, 4) is 0 Å². The number of benzene rings is 1. The normalized spacial score (nSPS) is 19.0. The molecular formula is C22H23N3O2. The van der Waals surface area contributed by atoms with Gasteiger partial charge in [0, 0.05) is 23.7 Å². The number of likely N-dealkylation sites (tertiary alicyclic amines) is 1. The number of carboxylic acids is 1. The Balaban J connectivity index is 1.75. The van der Waals surface area contributed by atoms with Crippen LogP contribution in [0.15, 0.2) is 60.8 Å². The first-order chi connectivity index (χ1) is 13.2. The van der Waals surface area contributed by atoms with E-state index in [0.29, 0.717) is 12.8 Å². The molecular weight excluding hydrogens is 338 g/mol. The fraction of sp³-hybridized carbons (Fsp3) is 0.318. The van der Waals surface area contributed by atoms with Gasteiger partial charge in [-0.05, 0) is 43.7 Å². The highest BCUT2D eigenvalue weighted by Crippen LogP contribution is 2.31. The first-order valence-corrected chi connectivity index (χ1v) is 9.46. The van der Waals surface area contributed by atoms with Crippen molar-refractivity contribution in [3.05, 3.63) is 72.2 Å². The van der Waals surface area contributed by atoms with Crippen LogP contribution in [0.3, 0.4) is 0 Å². The second kappa shape index (κ2) is 7.84. The molecule has 2 atom stereocenters. The van der Waals surface area contributed by atoms with Crippen LogP contribution in [0.2, 0.25) is 0 Å². The molecule has 3 heterocycles. The summed E-state index contributed by atoms with van der Waals surface area (Å²) in [7, 11) is 0. The molecule has 1 saturated heterocycles. The van der Waals surface area contributed by atoms with Crippen LogP contribution in [0.5, 0.6) is 0 Å². The van der Waals surface area contributed by atoms with Crippen molar-refractivity contribution < 1.29 is 9.90 Å². The molecule has 138 valence electrons. The second-order valence-corrected chi connectivity index (χ2v) is 7.06. The highest BCUT2D eigenvalue weighted by Gasteiger charge is 2.35. The lowest BCUT2D eigenvalue weighted by molar-refractivity contribution is -0.146. The van der Waals surface area contributed by atoms with Crippen LogP contribution in [-0.4, -0.2) is 38.5 Å². The van der Waals surface area contributed by atoms with E-state index in [1.807, 2.05) is 48.5 Å². The van der Waals surface area contributed by atoms with E-state index in [9.17, 15) is 9.90 Å². The summed E-state index contributed by atoms with van der Waals surface area (Å²) in [5.41, 5.74) is 2.80. The number of para-hydroxylation sites is 1. The van der Waals surface area contributed by atoms with Crippen molar-refractivity contribution in [1.29, 1.82) is 0 Å². The zero-order valence-electron chi connectivity index (χ0n) is 15.2. The predicted octanol–water partition coefficient (Wildman–Crippen LogP) is 3.85. The number of hydrogen-bond acceptors (Lipinski definition) is 4. The third-order valence-electron chi connectivity index (χ3n) is 5.32. The van der Waals surface area contributed by atoms with E-state index in [4.69, 9.17) is 4.98 Å². The number of pyridine rings is 2. The van der Waals surface area contributed by atoms with Crippen LogP contribution in [0, 0.1) is 0 Å². The maximum atomic E-state index is 11.9. The molecule has 0 aliphatic carbocycles. The average Bonchev–Trinajstić information content (AvgIpc) is 2.72. The van der Waals surface area contributed by atoms with Gasteiger partial charge in [-0.25, -0.2) is 0 Å². The molecule has 27 heavy (non-hydrogen) atoms. The zero-order chi connectivity index (χ0) is 18.6. The molecule has 0 radical (unpaired) electrons. The number of rotatable bonds is 5. The Kier molecular flexibility index (Phi) is 5.12. The lowest BCUT2D eigenvalue weighted by atomic mass is 9.95. The molecule has 3 aromatic rings. The molecule has 2 unspecified atom stereocenters. The molecule has 0 saturated carbocycles. The summed E-state index contributed by atoms with van der Waals surface area (Å²) < 4.78 is 0. The van der Waals surface area contributed by atoms with E-state index in [-0.39, 0.29) is 6.04 Å². The number of aromatic nitrogens is 2. The molecule has 1 fully saturated rings. The average molecular weight is 361 g/mol. The van der Waals surface area contributed by atoms with E-state index in [2.05, 4.69) is 16.0 Å². The Morgan fingerprint density at radius 2 is 1.96 bits per heavy atom. The van der Waals surface area contributed by atoms with Crippen molar-refractivity contribution in [2.45, 2.75) is 37.8 Å². The summed E-state index contributed by atoms with van der Waals surface area (Å²) in [6.07, 6.45) is 5.08. The minimum atomic E-state index is -0.749. The lowest BCUT2D eigenvalue weighted by Gasteiger charge is -2.38. The molecule has 4 rings (SSSR count). The molecule has 0 amide bonds. The van der Waals surface area contributed by atoms with Gasteiger partial charge in [-0.3, -0.25) is 19.7 Å². The first-order valence-electron chi connectivity index (χ1n) is 9.46. The Labute approximate surface area is 158 Å². The Hall–Kier alpha value is -2.79. The number of carbonyl (C=O) groups is 1. The third kappa shape index (κ3) is 3.83. The molecule has 5 heteroatoms. The number of hydrogen-bond donors (Lipinski definition) is 1. The van der Waals surface area contributed by atoms with E-state index >= 15 is 0 Å². The zero-order valence-corrected chi connectivity index (χ0v) is 15.2. The Morgan fingerprint density at radius 1 is 1.11 bits per heavy atom. The fourth-order valence-electron chi connectivity index (χ4n) is 3.97. The van der Waals surface area contributed by atoms with E-state index in [0.717, 1.165) is 41.7 Å². The minimum absolute atomic E-state index is 0.106. The molecule has 0 spiro atoms. The SMILES string of the molecule is O=C(O)C1CCCCN1C(Cc1ccccn1)c1ccc2ccccc2n1. The standard InChI is InChI=1S/C22H23N3O2/c26-22(27)20-10-4-6-14-25(20)21(15-17-8-3-5-13-23-17)19-12-11-16-7-1-2-9-18(16)24-19/h1-3,5,7-9,11-13,20-21H,4,6,10,14-15H2,(H,26,27). The largest absolute Gasteiger partial charge is 0.480 e. The van der Waals surface area contributed by atoms with Gasteiger partial charge in [-0.15, -0.1) is 0 Å². The quantitative estimate of drug-likeness (QED) is 0.748. The summed E-state index contributed by atoms with van der Waals surface area (Å²) in [6.45, 7) is 0.767. The van der Waals surface area contributed by atoms with Crippen LogP contribution >= 0.6 is 0 Å².